The smallest absolute Gasteiger partial charge is 0.356 e. The van der Waals surface area contributed by atoms with Crippen LogP contribution in [0, 0.1) is 0 Å². The fourth-order valence-electron chi connectivity index (χ4n) is 2.22. The molecular formula is C19H16N2O3. The quantitative estimate of drug-likeness (QED) is 0.673. The Morgan fingerprint density at radius 3 is 2.54 bits per heavy atom. The number of esters is 1. The van der Waals surface area contributed by atoms with Crippen LogP contribution in [0.3, 0.4) is 0 Å². The van der Waals surface area contributed by atoms with Crippen LogP contribution in [0.1, 0.15) is 16.1 Å². The number of benzene rings is 2. The van der Waals surface area contributed by atoms with Crippen LogP contribution < -0.4 is 4.74 Å². The Hall–Kier alpha value is -3.21. The van der Waals surface area contributed by atoms with Crippen LogP contribution in [-0.4, -0.2) is 23.0 Å². The molecule has 0 fully saturated rings. The second kappa shape index (κ2) is 7.37. The molecule has 24 heavy (non-hydrogen) atoms. The molecule has 0 aliphatic rings. The highest BCUT2D eigenvalue weighted by Gasteiger charge is 2.13. The molecule has 0 amide bonds. The molecule has 120 valence electrons. The molecule has 1 heterocycles. The third kappa shape index (κ3) is 3.57. The lowest BCUT2D eigenvalue weighted by Gasteiger charge is -2.11. The number of aromatic nitrogens is 2. The second-order valence-electron chi connectivity index (χ2n) is 5.03. The predicted molar refractivity (Wildman–Crippen MR) is 89.6 cm³/mol. The first kappa shape index (κ1) is 15.7. The summed E-state index contributed by atoms with van der Waals surface area (Å²) in [5.41, 5.74) is 2.00. The number of rotatable bonds is 5. The second-order valence-corrected chi connectivity index (χ2v) is 5.03. The molecule has 0 atom stereocenters. The van der Waals surface area contributed by atoms with Gasteiger partial charge in [-0.05, 0) is 23.8 Å². The summed E-state index contributed by atoms with van der Waals surface area (Å²) < 4.78 is 10.6. The standard InChI is InChI=1S/C19H16N2O3/c1-23-19(22)16-11-12-20-18(21-16)15-9-5-6-10-17(15)24-13-14-7-3-2-4-8-14/h2-12H,13H2,1H3. The molecular weight excluding hydrogens is 304 g/mol. The fraction of sp³-hybridized carbons (Fsp3) is 0.105. The van der Waals surface area contributed by atoms with Gasteiger partial charge >= 0.3 is 5.97 Å². The topological polar surface area (TPSA) is 61.3 Å². The van der Waals surface area contributed by atoms with Crippen molar-refractivity contribution in [1.82, 2.24) is 9.97 Å². The van der Waals surface area contributed by atoms with Gasteiger partial charge in [-0.2, -0.15) is 0 Å². The minimum Gasteiger partial charge on any atom is -0.488 e. The molecule has 0 saturated heterocycles. The van der Waals surface area contributed by atoms with Crippen LogP contribution in [0.4, 0.5) is 0 Å². The van der Waals surface area contributed by atoms with Crippen molar-refractivity contribution in [2.24, 2.45) is 0 Å². The molecule has 5 nitrogen and oxygen atoms in total. The lowest BCUT2D eigenvalue weighted by molar-refractivity contribution is 0.0594. The highest BCUT2D eigenvalue weighted by molar-refractivity contribution is 5.87. The molecule has 0 unspecified atom stereocenters. The molecule has 5 heteroatoms. The van der Waals surface area contributed by atoms with E-state index in [-0.39, 0.29) is 5.69 Å². The van der Waals surface area contributed by atoms with E-state index in [0.29, 0.717) is 18.2 Å². The van der Waals surface area contributed by atoms with E-state index in [2.05, 4.69) is 9.97 Å². The van der Waals surface area contributed by atoms with Gasteiger partial charge in [0, 0.05) is 6.20 Å². The summed E-state index contributed by atoms with van der Waals surface area (Å²) in [4.78, 5) is 20.2. The van der Waals surface area contributed by atoms with E-state index in [1.807, 2.05) is 54.6 Å². The summed E-state index contributed by atoms with van der Waals surface area (Å²) in [6, 6.07) is 18.9. The van der Waals surface area contributed by atoms with Crippen molar-refractivity contribution in [1.29, 1.82) is 0 Å². The van der Waals surface area contributed by atoms with Crippen LogP contribution >= 0.6 is 0 Å². The zero-order valence-electron chi connectivity index (χ0n) is 13.2. The molecule has 0 spiro atoms. The van der Waals surface area contributed by atoms with Crippen molar-refractivity contribution >= 4 is 5.97 Å². The molecule has 0 saturated carbocycles. The Labute approximate surface area is 139 Å². The van der Waals surface area contributed by atoms with Crippen molar-refractivity contribution in [2.75, 3.05) is 7.11 Å². The lowest BCUT2D eigenvalue weighted by Crippen LogP contribution is -2.06. The third-order valence-corrected chi connectivity index (χ3v) is 3.42. The molecule has 0 bridgehead atoms. The first-order valence-electron chi connectivity index (χ1n) is 7.45. The van der Waals surface area contributed by atoms with Crippen LogP contribution in [0.2, 0.25) is 0 Å². The minimum absolute atomic E-state index is 0.209. The minimum atomic E-state index is -0.499. The largest absolute Gasteiger partial charge is 0.488 e. The van der Waals surface area contributed by atoms with Gasteiger partial charge < -0.3 is 9.47 Å². The molecule has 0 aliphatic carbocycles. The Kier molecular flexibility index (Phi) is 4.81. The maximum atomic E-state index is 11.6. The molecule has 3 aromatic rings. The number of carbonyl (C=O) groups is 1. The molecule has 0 N–H and O–H groups in total. The maximum absolute atomic E-state index is 11.6. The Morgan fingerprint density at radius 2 is 1.75 bits per heavy atom. The molecule has 0 aliphatic heterocycles. The number of para-hydroxylation sites is 1. The lowest BCUT2D eigenvalue weighted by atomic mass is 10.2. The van der Waals surface area contributed by atoms with Gasteiger partial charge in [0.25, 0.3) is 0 Å². The van der Waals surface area contributed by atoms with Gasteiger partial charge in [-0.25, -0.2) is 14.8 Å². The first-order chi connectivity index (χ1) is 11.8. The Morgan fingerprint density at radius 1 is 1.00 bits per heavy atom. The van der Waals surface area contributed by atoms with Crippen LogP contribution in [-0.2, 0) is 11.3 Å². The highest BCUT2D eigenvalue weighted by Crippen LogP contribution is 2.27. The first-order valence-corrected chi connectivity index (χ1v) is 7.45. The van der Waals surface area contributed by atoms with Gasteiger partial charge in [0.15, 0.2) is 11.5 Å². The predicted octanol–water partition coefficient (Wildman–Crippen LogP) is 3.51. The number of carbonyl (C=O) groups excluding carboxylic acids is 1. The van der Waals surface area contributed by atoms with Crippen LogP contribution in [0.25, 0.3) is 11.4 Å². The van der Waals surface area contributed by atoms with E-state index >= 15 is 0 Å². The number of hydrogen-bond donors (Lipinski definition) is 0. The molecule has 1 aromatic heterocycles. The van der Waals surface area contributed by atoms with E-state index in [0.717, 1.165) is 11.1 Å². The van der Waals surface area contributed by atoms with E-state index < -0.39 is 5.97 Å². The van der Waals surface area contributed by atoms with Gasteiger partial charge in [-0.3, -0.25) is 0 Å². The van der Waals surface area contributed by atoms with Crippen molar-refractivity contribution in [3.63, 3.8) is 0 Å². The van der Waals surface area contributed by atoms with E-state index in [1.165, 1.54) is 19.4 Å². The van der Waals surface area contributed by atoms with E-state index in [1.54, 1.807) is 0 Å². The normalized spacial score (nSPS) is 10.2. The van der Waals surface area contributed by atoms with Gasteiger partial charge in [0.1, 0.15) is 12.4 Å². The monoisotopic (exact) mass is 320 g/mol. The van der Waals surface area contributed by atoms with Crippen molar-refractivity contribution in [3.8, 4) is 17.1 Å². The summed E-state index contributed by atoms with van der Waals surface area (Å²) in [6.45, 7) is 0.439. The average molecular weight is 320 g/mol. The zero-order chi connectivity index (χ0) is 16.8. The summed E-state index contributed by atoms with van der Waals surface area (Å²) >= 11 is 0. The summed E-state index contributed by atoms with van der Waals surface area (Å²) in [5, 5.41) is 0. The van der Waals surface area contributed by atoms with Gasteiger partial charge in [0.05, 0.1) is 12.7 Å². The Bertz CT molecular complexity index is 835. The van der Waals surface area contributed by atoms with E-state index in [4.69, 9.17) is 9.47 Å². The number of hydrogen-bond acceptors (Lipinski definition) is 5. The molecule has 0 radical (unpaired) electrons. The van der Waals surface area contributed by atoms with E-state index in [9.17, 15) is 4.79 Å². The van der Waals surface area contributed by atoms with Gasteiger partial charge in [0.2, 0.25) is 0 Å². The summed E-state index contributed by atoms with van der Waals surface area (Å²) in [6.07, 6.45) is 1.53. The van der Waals surface area contributed by atoms with Gasteiger partial charge in [-0.1, -0.05) is 42.5 Å². The SMILES string of the molecule is COC(=O)c1ccnc(-c2ccccc2OCc2ccccc2)n1. The fourth-order valence-corrected chi connectivity index (χ4v) is 2.22. The number of methoxy groups -OCH3 is 1. The molecule has 3 rings (SSSR count). The van der Waals surface area contributed by atoms with Gasteiger partial charge in [-0.15, -0.1) is 0 Å². The van der Waals surface area contributed by atoms with Crippen molar-refractivity contribution in [3.05, 3.63) is 78.1 Å². The van der Waals surface area contributed by atoms with Crippen molar-refractivity contribution < 1.29 is 14.3 Å². The highest BCUT2D eigenvalue weighted by atomic mass is 16.5. The maximum Gasteiger partial charge on any atom is 0.356 e. The van der Waals surface area contributed by atoms with Crippen LogP contribution in [0.5, 0.6) is 5.75 Å². The average Bonchev–Trinajstić information content (AvgIpc) is 2.67. The Balaban J connectivity index is 1.88. The summed E-state index contributed by atoms with van der Waals surface area (Å²) in [7, 11) is 1.32. The number of nitrogens with zero attached hydrogens (tertiary/aromatic N) is 2. The summed E-state index contributed by atoms with van der Waals surface area (Å²) in [5.74, 6) is 0.575. The van der Waals surface area contributed by atoms with Crippen molar-refractivity contribution in [2.45, 2.75) is 6.61 Å². The zero-order valence-corrected chi connectivity index (χ0v) is 13.2. The van der Waals surface area contributed by atoms with Crippen LogP contribution in [0.15, 0.2) is 66.9 Å². The number of ether oxygens (including phenoxy) is 2. The molecule has 2 aromatic carbocycles. The third-order valence-electron chi connectivity index (χ3n) is 3.42.